The van der Waals surface area contributed by atoms with Gasteiger partial charge in [-0.25, -0.2) is 0 Å². The van der Waals surface area contributed by atoms with Crippen molar-refractivity contribution in [2.24, 2.45) is 0 Å². The fourth-order valence-electron chi connectivity index (χ4n) is 0.210. The first-order valence-electron chi connectivity index (χ1n) is 2.00. The molecule has 0 radical (unpaired) electrons. The van der Waals surface area contributed by atoms with E-state index in [0.29, 0.717) is 0 Å². The van der Waals surface area contributed by atoms with Crippen molar-refractivity contribution in [3.05, 3.63) is 0 Å². The number of aliphatic hydroxyl groups is 1. The quantitative estimate of drug-likeness (QED) is 0.382. The summed E-state index contributed by atoms with van der Waals surface area (Å²) in [5.41, 5.74) is -2.29. The Labute approximate surface area is 80.5 Å². The molecule has 2 N–H and O–H groups in total. The van der Waals surface area contributed by atoms with E-state index in [4.69, 9.17) is 9.66 Å². The first kappa shape index (κ1) is 13.2. The number of hydrogen-bond donors (Lipinski definition) is 2. The predicted molar refractivity (Wildman–Crippen MR) is 35.4 cm³/mol. The molecule has 0 aromatic heterocycles. The Morgan fingerprint density at radius 3 is 1.80 bits per heavy atom. The number of hydrogen-bond acceptors (Lipinski definition) is 4. The third kappa shape index (κ3) is 4.37. The van der Waals surface area contributed by atoms with Gasteiger partial charge in [-0.1, -0.05) is 0 Å². The molecule has 0 aromatic rings. The van der Waals surface area contributed by atoms with Crippen LogP contribution in [0.1, 0.15) is 6.92 Å². The van der Waals surface area contributed by atoms with Crippen LogP contribution < -0.4 is 0 Å². The molecular weight excluding hydrogens is 171 g/mol. The molecule has 0 saturated carbocycles. The maximum absolute atomic E-state index is 10.0. The van der Waals surface area contributed by atoms with Crippen molar-refractivity contribution in [3.8, 4) is 0 Å². The van der Waals surface area contributed by atoms with Gasteiger partial charge in [-0.05, 0) is 6.92 Å². The Morgan fingerprint density at radius 1 is 1.50 bits per heavy atom. The van der Waals surface area contributed by atoms with Crippen molar-refractivity contribution in [2.45, 2.75) is 12.4 Å². The van der Waals surface area contributed by atoms with Crippen molar-refractivity contribution in [3.63, 3.8) is 0 Å². The molecular formula is C3H7NaO5S. The summed E-state index contributed by atoms with van der Waals surface area (Å²) in [6.07, 6.45) is 0. The van der Waals surface area contributed by atoms with Gasteiger partial charge in [-0.15, -0.1) is 0 Å². The second-order valence-electron chi connectivity index (χ2n) is 1.48. The van der Waals surface area contributed by atoms with Gasteiger partial charge in [0.2, 0.25) is 5.44 Å². The van der Waals surface area contributed by atoms with Crippen molar-refractivity contribution in [2.75, 3.05) is 0 Å². The van der Waals surface area contributed by atoms with E-state index in [2.05, 4.69) is 0 Å². The van der Waals surface area contributed by atoms with Crippen LogP contribution in [-0.2, 0) is 14.9 Å². The van der Waals surface area contributed by atoms with Crippen LogP contribution >= 0.6 is 0 Å². The first-order chi connectivity index (χ1) is 3.85. The molecule has 1 unspecified atom stereocenters. The van der Waals surface area contributed by atoms with Crippen LogP contribution in [0.25, 0.3) is 0 Å². The van der Waals surface area contributed by atoms with E-state index in [0.717, 1.165) is 6.92 Å². The molecule has 0 bridgehead atoms. The second-order valence-corrected chi connectivity index (χ2v) is 2.95. The third-order valence-electron chi connectivity index (χ3n) is 0.630. The Bertz CT molecular complexity index is 207. The molecule has 0 heterocycles. The van der Waals surface area contributed by atoms with Gasteiger partial charge >= 0.3 is 29.6 Å². The Hall–Kier alpha value is 0.540. The van der Waals surface area contributed by atoms with Crippen LogP contribution in [-0.4, -0.2) is 58.9 Å². The third-order valence-corrected chi connectivity index (χ3v) is 1.53. The van der Waals surface area contributed by atoms with E-state index in [-0.39, 0.29) is 29.6 Å². The van der Waals surface area contributed by atoms with Crippen LogP contribution in [0.15, 0.2) is 0 Å². The molecule has 0 spiro atoms. The topological polar surface area (TPSA) is 91.7 Å². The van der Waals surface area contributed by atoms with Crippen molar-refractivity contribution < 1.29 is 22.9 Å². The summed E-state index contributed by atoms with van der Waals surface area (Å²) in [6.45, 7) is 0.860. The van der Waals surface area contributed by atoms with Gasteiger partial charge < -0.3 is 5.11 Å². The molecule has 0 saturated heterocycles. The van der Waals surface area contributed by atoms with Gasteiger partial charge in [-0.2, -0.15) is 8.42 Å². The van der Waals surface area contributed by atoms with Crippen LogP contribution in [0, 0.1) is 0 Å². The van der Waals surface area contributed by atoms with E-state index >= 15 is 0 Å². The Morgan fingerprint density at radius 2 is 1.80 bits per heavy atom. The van der Waals surface area contributed by atoms with Crippen molar-refractivity contribution in [1.29, 1.82) is 0 Å². The number of rotatable bonds is 2. The number of carbonyl (C=O) groups excluding carboxylic acids is 1. The van der Waals surface area contributed by atoms with Crippen molar-refractivity contribution in [1.82, 2.24) is 0 Å². The summed E-state index contributed by atoms with van der Waals surface area (Å²) in [7, 11) is -4.60. The molecule has 5 nitrogen and oxygen atoms in total. The summed E-state index contributed by atoms with van der Waals surface area (Å²) >= 11 is 0. The maximum atomic E-state index is 10.0. The van der Waals surface area contributed by atoms with Gasteiger partial charge in [0.05, 0.1) is 0 Å². The number of Topliss-reactive ketones (excluding diaryl/α,β-unsaturated/α-hetero) is 1. The molecule has 56 valence electrons. The van der Waals surface area contributed by atoms with Crippen LogP contribution in [0.4, 0.5) is 0 Å². The zero-order valence-corrected chi connectivity index (χ0v) is 5.42. The molecule has 0 aliphatic heterocycles. The van der Waals surface area contributed by atoms with Gasteiger partial charge in [0, 0.05) is 0 Å². The standard InChI is InChI=1S/C3H6O5S.Na.H/c1-2(4)3(5)9(6,7)8;;/h3,5H,1H3,(H,6,7,8);;. The summed E-state index contributed by atoms with van der Waals surface area (Å²) in [4.78, 5) is 10.0. The molecule has 0 aromatic carbocycles. The fraction of sp³-hybridized carbons (Fsp3) is 0.667. The number of aliphatic hydroxyl groups excluding tert-OH is 1. The normalized spacial score (nSPS) is 13.5. The SMILES string of the molecule is CC(=O)C(O)S(=O)(=O)O.[NaH]. The van der Waals surface area contributed by atoms with E-state index < -0.39 is 21.3 Å². The van der Waals surface area contributed by atoms with Gasteiger partial charge in [0.25, 0.3) is 10.1 Å². The van der Waals surface area contributed by atoms with Crippen LogP contribution in [0.2, 0.25) is 0 Å². The van der Waals surface area contributed by atoms with Crippen LogP contribution in [0.3, 0.4) is 0 Å². The Balaban J connectivity index is 0. The van der Waals surface area contributed by atoms with E-state index in [1.807, 2.05) is 0 Å². The number of ketones is 1. The molecule has 1 atom stereocenters. The summed E-state index contributed by atoms with van der Waals surface area (Å²) in [5.74, 6) is -1.00. The summed E-state index contributed by atoms with van der Waals surface area (Å²) in [6, 6.07) is 0. The van der Waals surface area contributed by atoms with Crippen molar-refractivity contribution >= 4 is 45.5 Å². The second kappa shape index (κ2) is 4.42. The molecule has 0 aliphatic carbocycles. The van der Waals surface area contributed by atoms with Gasteiger partial charge in [-0.3, -0.25) is 9.35 Å². The summed E-state index contributed by atoms with van der Waals surface area (Å²) < 4.78 is 27.7. The zero-order chi connectivity index (χ0) is 7.65. The van der Waals surface area contributed by atoms with Crippen LogP contribution in [0.5, 0.6) is 0 Å². The van der Waals surface area contributed by atoms with Gasteiger partial charge in [0.1, 0.15) is 0 Å². The zero-order valence-electron chi connectivity index (χ0n) is 4.60. The molecule has 0 fully saturated rings. The average Bonchev–Trinajstić information content (AvgIpc) is 1.62. The molecule has 7 heteroatoms. The molecule has 10 heavy (non-hydrogen) atoms. The van der Waals surface area contributed by atoms with Gasteiger partial charge in [0.15, 0.2) is 5.78 Å². The fourth-order valence-corrected chi connectivity index (χ4v) is 0.629. The molecule has 0 aliphatic rings. The number of carbonyl (C=O) groups is 1. The molecule has 0 amide bonds. The minimum atomic E-state index is -4.60. The Kier molecular flexibility index (Phi) is 5.82. The minimum absolute atomic E-state index is 0. The van der Waals surface area contributed by atoms with E-state index in [1.54, 1.807) is 0 Å². The predicted octanol–water partition coefficient (Wildman–Crippen LogP) is -1.87. The summed E-state index contributed by atoms with van der Waals surface area (Å²) in [5, 5.41) is 8.28. The molecule has 0 rings (SSSR count). The van der Waals surface area contributed by atoms with E-state index in [9.17, 15) is 13.2 Å². The monoisotopic (exact) mass is 178 g/mol. The average molecular weight is 178 g/mol. The first-order valence-corrected chi connectivity index (χ1v) is 3.51. The van der Waals surface area contributed by atoms with E-state index in [1.165, 1.54) is 0 Å².